The number of hydrogen-bond donors (Lipinski definition) is 0. The predicted molar refractivity (Wildman–Crippen MR) is 116 cm³/mol. The molecule has 0 aliphatic carbocycles. The lowest BCUT2D eigenvalue weighted by molar-refractivity contribution is -0.117. The van der Waals surface area contributed by atoms with E-state index in [0.717, 1.165) is 27.0 Å². The van der Waals surface area contributed by atoms with E-state index in [2.05, 4.69) is 0 Å². The van der Waals surface area contributed by atoms with Crippen LogP contribution >= 0.6 is 0 Å². The summed E-state index contributed by atoms with van der Waals surface area (Å²) in [7, 11) is -3.89. The number of nitrogens with zero attached hydrogens (tertiary/aromatic N) is 2. The molecule has 0 unspecified atom stereocenters. The average Bonchev–Trinajstić information content (AvgIpc) is 3.02. The van der Waals surface area contributed by atoms with E-state index in [9.17, 15) is 18.0 Å². The van der Waals surface area contributed by atoms with Crippen molar-refractivity contribution in [2.75, 3.05) is 17.2 Å². The normalized spacial score (nSPS) is 11.4. The van der Waals surface area contributed by atoms with Crippen molar-refractivity contribution in [2.45, 2.75) is 26.8 Å². The van der Waals surface area contributed by atoms with Gasteiger partial charge in [0, 0.05) is 30.1 Å². The topological polar surface area (TPSA) is 85.7 Å². The Morgan fingerprint density at radius 1 is 1.10 bits per heavy atom. The van der Waals surface area contributed by atoms with Crippen molar-refractivity contribution in [3.63, 3.8) is 0 Å². The molecule has 158 valence electrons. The maximum atomic E-state index is 12.9. The Morgan fingerprint density at radius 2 is 1.83 bits per heavy atom. The number of carbonyl (C=O) groups excluding carboxylic acids is 2. The Hall–Kier alpha value is -3.13. The largest absolute Gasteiger partial charge is 0.462 e. The highest BCUT2D eigenvalue weighted by Crippen LogP contribution is 2.23. The number of benzene rings is 2. The summed E-state index contributed by atoms with van der Waals surface area (Å²) in [6, 6.07) is 13.7. The number of rotatable bonds is 7. The van der Waals surface area contributed by atoms with E-state index in [1.165, 1.54) is 24.3 Å². The van der Waals surface area contributed by atoms with Gasteiger partial charge in [0.15, 0.2) is 0 Å². The van der Waals surface area contributed by atoms with Crippen molar-refractivity contribution < 1.29 is 22.7 Å². The minimum atomic E-state index is -3.89. The summed E-state index contributed by atoms with van der Waals surface area (Å²) in [5.74, 6) is -1.15. The molecule has 30 heavy (non-hydrogen) atoms. The molecule has 1 heterocycles. The standard InChI is InChI=1S/C22H24N2O5S/c1-4-29-22(26)17-8-7-9-18(14-17)24(30(3,27)28)21(25)12-13-23-15-16(2)19-10-5-6-11-20(19)23/h5-11,14-15H,4,12-13H2,1-3H3. The number of aryl methyl sites for hydroxylation is 2. The lowest BCUT2D eigenvalue weighted by Crippen LogP contribution is -2.36. The third kappa shape index (κ3) is 4.54. The summed E-state index contributed by atoms with van der Waals surface area (Å²) in [6.45, 7) is 4.20. The van der Waals surface area contributed by atoms with Gasteiger partial charge in [0.25, 0.3) is 0 Å². The Morgan fingerprint density at radius 3 is 2.53 bits per heavy atom. The van der Waals surface area contributed by atoms with Gasteiger partial charge in [-0.2, -0.15) is 0 Å². The zero-order chi connectivity index (χ0) is 21.9. The molecule has 3 aromatic rings. The molecule has 0 bridgehead atoms. The number of ether oxygens (including phenoxy) is 1. The maximum Gasteiger partial charge on any atom is 0.338 e. The number of anilines is 1. The second-order valence-electron chi connectivity index (χ2n) is 6.96. The molecule has 1 aromatic heterocycles. The molecule has 3 rings (SSSR count). The first-order valence-electron chi connectivity index (χ1n) is 9.57. The molecule has 0 aliphatic heterocycles. The number of hydrogen-bond acceptors (Lipinski definition) is 5. The third-order valence-electron chi connectivity index (χ3n) is 4.70. The highest BCUT2D eigenvalue weighted by molar-refractivity contribution is 7.92. The fraction of sp³-hybridized carbons (Fsp3) is 0.273. The summed E-state index contributed by atoms with van der Waals surface area (Å²) < 4.78 is 32.4. The zero-order valence-electron chi connectivity index (χ0n) is 17.2. The van der Waals surface area contributed by atoms with Crippen LogP contribution < -0.4 is 4.31 Å². The van der Waals surface area contributed by atoms with Gasteiger partial charge in [-0.3, -0.25) is 4.79 Å². The molecule has 0 fully saturated rings. The van der Waals surface area contributed by atoms with Gasteiger partial charge in [0.1, 0.15) is 0 Å². The Kier molecular flexibility index (Phi) is 6.26. The highest BCUT2D eigenvalue weighted by atomic mass is 32.2. The molecule has 0 saturated heterocycles. The van der Waals surface area contributed by atoms with Crippen LogP contribution in [0.1, 0.15) is 29.3 Å². The van der Waals surface area contributed by atoms with Crippen LogP contribution in [-0.4, -0.2) is 37.7 Å². The molecule has 0 atom stereocenters. The second-order valence-corrected chi connectivity index (χ2v) is 8.80. The number of fused-ring (bicyclic) bond motifs is 1. The van der Waals surface area contributed by atoms with Crippen LogP contribution in [0.15, 0.2) is 54.7 Å². The maximum absolute atomic E-state index is 12.9. The number of aromatic nitrogens is 1. The van der Waals surface area contributed by atoms with Crippen molar-refractivity contribution in [1.82, 2.24) is 4.57 Å². The fourth-order valence-corrected chi connectivity index (χ4v) is 4.38. The summed E-state index contributed by atoms with van der Waals surface area (Å²) in [4.78, 5) is 24.9. The second kappa shape index (κ2) is 8.71. The van der Waals surface area contributed by atoms with Crippen LogP contribution in [0, 0.1) is 6.92 Å². The summed E-state index contributed by atoms with van der Waals surface area (Å²) in [5.41, 5.74) is 2.36. The number of para-hydroxylation sites is 1. The van der Waals surface area contributed by atoms with E-state index in [0.29, 0.717) is 6.54 Å². The van der Waals surface area contributed by atoms with Crippen LogP contribution in [0.25, 0.3) is 10.9 Å². The first kappa shape index (κ1) is 21.6. The number of esters is 1. The van der Waals surface area contributed by atoms with Gasteiger partial charge in [-0.15, -0.1) is 0 Å². The van der Waals surface area contributed by atoms with E-state index in [4.69, 9.17) is 4.74 Å². The molecule has 0 aliphatic rings. The van der Waals surface area contributed by atoms with E-state index >= 15 is 0 Å². The van der Waals surface area contributed by atoms with Gasteiger partial charge in [-0.1, -0.05) is 24.3 Å². The lowest BCUT2D eigenvalue weighted by atomic mass is 10.2. The average molecular weight is 429 g/mol. The van der Waals surface area contributed by atoms with Crippen LogP contribution in [0.2, 0.25) is 0 Å². The Bertz CT molecular complexity index is 1200. The molecule has 0 N–H and O–H groups in total. The first-order valence-corrected chi connectivity index (χ1v) is 11.4. The van der Waals surface area contributed by atoms with E-state index in [1.54, 1.807) is 6.92 Å². The van der Waals surface area contributed by atoms with Crippen LogP contribution in [0.4, 0.5) is 5.69 Å². The molecule has 8 heteroatoms. The Labute approximate surface area is 175 Å². The quantitative estimate of drug-likeness (QED) is 0.538. The SMILES string of the molecule is CCOC(=O)c1cccc(N(C(=O)CCn2cc(C)c3ccccc32)S(C)(=O)=O)c1. The van der Waals surface area contributed by atoms with Crippen molar-refractivity contribution in [1.29, 1.82) is 0 Å². The smallest absolute Gasteiger partial charge is 0.338 e. The number of sulfonamides is 1. The van der Waals surface area contributed by atoms with Crippen LogP contribution in [0.5, 0.6) is 0 Å². The van der Waals surface area contributed by atoms with Gasteiger partial charge in [0.2, 0.25) is 15.9 Å². The minimum absolute atomic E-state index is 0.0190. The lowest BCUT2D eigenvalue weighted by Gasteiger charge is -2.21. The zero-order valence-corrected chi connectivity index (χ0v) is 18.0. The van der Waals surface area contributed by atoms with Gasteiger partial charge < -0.3 is 9.30 Å². The monoisotopic (exact) mass is 428 g/mol. The van der Waals surface area contributed by atoms with Crippen molar-refractivity contribution in [3.8, 4) is 0 Å². The molecule has 1 amide bonds. The minimum Gasteiger partial charge on any atom is -0.462 e. The molecular weight excluding hydrogens is 404 g/mol. The van der Waals surface area contributed by atoms with Gasteiger partial charge >= 0.3 is 5.97 Å². The molecular formula is C22H24N2O5S. The van der Waals surface area contributed by atoms with Crippen molar-refractivity contribution in [3.05, 3.63) is 65.9 Å². The number of amides is 1. The highest BCUT2D eigenvalue weighted by Gasteiger charge is 2.26. The molecule has 0 saturated carbocycles. The van der Waals surface area contributed by atoms with Gasteiger partial charge in [-0.25, -0.2) is 17.5 Å². The summed E-state index contributed by atoms with van der Waals surface area (Å²) in [6.07, 6.45) is 2.90. The fourth-order valence-electron chi connectivity index (χ4n) is 3.43. The predicted octanol–water partition coefficient (Wildman–Crippen LogP) is 3.51. The summed E-state index contributed by atoms with van der Waals surface area (Å²) in [5, 5.41) is 1.09. The van der Waals surface area contributed by atoms with E-state index in [1.807, 2.05) is 42.0 Å². The van der Waals surface area contributed by atoms with Crippen LogP contribution in [0.3, 0.4) is 0 Å². The first-order chi connectivity index (χ1) is 14.2. The molecule has 7 nitrogen and oxygen atoms in total. The Balaban J connectivity index is 1.87. The van der Waals surface area contributed by atoms with E-state index in [-0.39, 0.29) is 24.3 Å². The van der Waals surface area contributed by atoms with E-state index < -0.39 is 21.9 Å². The third-order valence-corrected chi connectivity index (χ3v) is 5.78. The van der Waals surface area contributed by atoms with Gasteiger partial charge in [0.05, 0.1) is 24.1 Å². The molecule has 0 radical (unpaired) electrons. The molecule has 2 aromatic carbocycles. The van der Waals surface area contributed by atoms with Crippen molar-refractivity contribution in [2.24, 2.45) is 0 Å². The van der Waals surface area contributed by atoms with Gasteiger partial charge in [-0.05, 0) is 43.7 Å². The van der Waals surface area contributed by atoms with Crippen molar-refractivity contribution >= 4 is 38.5 Å². The molecule has 0 spiro atoms. The summed E-state index contributed by atoms with van der Waals surface area (Å²) >= 11 is 0. The van der Waals surface area contributed by atoms with Crippen LogP contribution in [-0.2, 0) is 26.1 Å². The number of carbonyl (C=O) groups is 2.